The van der Waals surface area contributed by atoms with Gasteiger partial charge in [-0.2, -0.15) is 0 Å². The summed E-state index contributed by atoms with van der Waals surface area (Å²) in [5.74, 6) is 2.47. The van der Waals surface area contributed by atoms with Gasteiger partial charge in [-0.05, 0) is 48.4 Å². The summed E-state index contributed by atoms with van der Waals surface area (Å²) in [7, 11) is 1.68. The first kappa shape index (κ1) is 17.0. The minimum atomic E-state index is 0.759. The van der Waals surface area contributed by atoms with Crippen molar-refractivity contribution >= 4 is 39.0 Å². The molecular formula is C20H20N4OS2. The molecule has 1 aromatic carbocycles. The van der Waals surface area contributed by atoms with Crippen LogP contribution in [0.1, 0.15) is 29.3 Å². The van der Waals surface area contributed by atoms with Gasteiger partial charge in [0.25, 0.3) is 0 Å². The minimum Gasteiger partial charge on any atom is -0.497 e. The Hall–Kier alpha value is -2.12. The fourth-order valence-electron chi connectivity index (χ4n) is 3.69. The molecule has 0 spiro atoms. The van der Waals surface area contributed by atoms with E-state index >= 15 is 0 Å². The van der Waals surface area contributed by atoms with Crippen molar-refractivity contribution in [2.75, 3.05) is 7.11 Å². The van der Waals surface area contributed by atoms with Gasteiger partial charge in [0.05, 0.1) is 12.5 Å². The number of benzene rings is 1. The zero-order valence-corrected chi connectivity index (χ0v) is 16.9. The van der Waals surface area contributed by atoms with Gasteiger partial charge in [-0.1, -0.05) is 30.8 Å². The van der Waals surface area contributed by atoms with Crippen LogP contribution in [0.25, 0.3) is 15.9 Å². The molecule has 1 atom stereocenters. The molecule has 0 radical (unpaired) electrons. The average molecular weight is 397 g/mol. The Morgan fingerprint density at radius 2 is 2.11 bits per heavy atom. The number of fused-ring (bicyclic) bond motifs is 5. The molecule has 3 aromatic heterocycles. The van der Waals surface area contributed by atoms with Crippen molar-refractivity contribution in [1.29, 1.82) is 0 Å². The molecule has 0 amide bonds. The van der Waals surface area contributed by atoms with Gasteiger partial charge in [-0.3, -0.25) is 4.40 Å². The Bertz CT molecular complexity index is 1120. The number of ether oxygens (including phenoxy) is 1. The van der Waals surface area contributed by atoms with E-state index in [1.807, 2.05) is 34.2 Å². The zero-order chi connectivity index (χ0) is 18.4. The minimum absolute atomic E-state index is 0.759. The molecule has 138 valence electrons. The van der Waals surface area contributed by atoms with Gasteiger partial charge < -0.3 is 4.74 Å². The van der Waals surface area contributed by atoms with Crippen LogP contribution < -0.4 is 4.74 Å². The highest BCUT2D eigenvalue weighted by Crippen LogP contribution is 2.39. The summed E-state index contributed by atoms with van der Waals surface area (Å²) >= 11 is 3.51. The molecule has 1 unspecified atom stereocenters. The summed E-state index contributed by atoms with van der Waals surface area (Å²) in [5.41, 5.74) is 3.63. The molecular weight excluding hydrogens is 376 g/mol. The van der Waals surface area contributed by atoms with Crippen molar-refractivity contribution < 1.29 is 4.74 Å². The smallest absolute Gasteiger partial charge is 0.197 e. The number of thioether (sulfide) groups is 1. The van der Waals surface area contributed by atoms with Crippen LogP contribution in [-0.4, -0.2) is 26.7 Å². The van der Waals surface area contributed by atoms with Crippen LogP contribution >= 0.6 is 23.1 Å². The van der Waals surface area contributed by atoms with Crippen molar-refractivity contribution in [2.24, 2.45) is 5.92 Å². The van der Waals surface area contributed by atoms with Gasteiger partial charge in [-0.25, -0.2) is 4.98 Å². The normalized spacial score (nSPS) is 16.7. The topological polar surface area (TPSA) is 52.3 Å². The van der Waals surface area contributed by atoms with Crippen LogP contribution in [0.15, 0.2) is 35.7 Å². The zero-order valence-electron chi connectivity index (χ0n) is 15.3. The first-order chi connectivity index (χ1) is 13.2. The van der Waals surface area contributed by atoms with Gasteiger partial charge in [0, 0.05) is 10.6 Å². The van der Waals surface area contributed by atoms with E-state index in [0.717, 1.165) is 45.9 Å². The Kier molecular flexibility index (Phi) is 4.28. The maximum absolute atomic E-state index is 5.22. The summed E-state index contributed by atoms with van der Waals surface area (Å²) in [4.78, 5) is 7.31. The lowest BCUT2D eigenvalue weighted by atomic mass is 9.89. The van der Waals surface area contributed by atoms with Crippen molar-refractivity contribution in [3.8, 4) is 5.75 Å². The Morgan fingerprint density at radius 3 is 2.93 bits per heavy atom. The van der Waals surface area contributed by atoms with Crippen molar-refractivity contribution in [3.05, 3.63) is 46.6 Å². The highest BCUT2D eigenvalue weighted by molar-refractivity contribution is 7.98. The van der Waals surface area contributed by atoms with Gasteiger partial charge in [-0.15, -0.1) is 21.5 Å². The summed E-state index contributed by atoms with van der Waals surface area (Å²) in [5, 5.41) is 11.1. The monoisotopic (exact) mass is 396 g/mol. The van der Waals surface area contributed by atoms with E-state index in [-0.39, 0.29) is 0 Å². The fraction of sp³-hybridized carbons (Fsp3) is 0.350. The number of methoxy groups -OCH3 is 1. The molecule has 5 rings (SSSR count). The van der Waals surface area contributed by atoms with E-state index < -0.39 is 0 Å². The lowest BCUT2D eigenvalue weighted by molar-refractivity contribution is 0.414. The lowest BCUT2D eigenvalue weighted by Gasteiger charge is -2.17. The second kappa shape index (κ2) is 6.80. The van der Waals surface area contributed by atoms with E-state index in [9.17, 15) is 0 Å². The number of rotatable bonds is 4. The fourth-order valence-corrected chi connectivity index (χ4v) is 5.89. The second-order valence-corrected chi connectivity index (χ2v) is 9.12. The molecule has 0 aliphatic heterocycles. The molecule has 7 heteroatoms. The first-order valence-electron chi connectivity index (χ1n) is 9.12. The Morgan fingerprint density at radius 1 is 1.26 bits per heavy atom. The molecule has 5 nitrogen and oxygen atoms in total. The Labute approximate surface area is 165 Å². The van der Waals surface area contributed by atoms with Crippen LogP contribution in [0.2, 0.25) is 0 Å². The van der Waals surface area contributed by atoms with Crippen LogP contribution in [-0.2, 0) is 18.6 Å². The number of hydrogen-bond acceptors (Lipinski definition) is 6. The van der Waals surface area contributed by atoms with Gasteiger partial charge in [0.15, 0.2) is 10.8 Å². The molecule has 0 bridgehead atoms. The van der Waals surface area contributed by atoms with Gasteiger partial charge in [0.2, 0.25) is 0 Å². The largest absolute Gasteiger partial charge is 0.497 e. The van der Waals surface area contributed by atoms with E-state index in [0.29, 0.717) is 0 Å². The van der Waals surface area contributed by atoms with E-state index in [1.165, 1.54) is 27.8 Å². The summed E-state index contributed by atoms with van der Waals surface area (Å²) in [6, 6.07) is 8.15. The third-order valence-corrected chi connectivity index (χ3v) is 7.38. The number of hydrogen-bond donors (Lipinski definition) is 0. The third kappa shape index (κ3) is 2.99. The Balaban J connectivity index is 1.48. The molecule has 1 aliphatic rings. The maximum atomic E-state index is 5.22. The molecule has 3 heterocycles. The van der Waals surface area contributed by atoms with Crippen LogP contribution in [0, 0.1) is 5.92 Å². The maximum Gasteiger partial charge on any atom is 0.197 e. The molecule has 0 saturated heterocycles. The molecule has 0 N–H and O–H groups in total. The predicted octanol–water partition coefficient (Wildman–Crippen LogP) is 4.76. The number of aromatic nitrogens is 4. The van der Waals surface area contributed by atoms with Crippen LogP contribution in [0.4, 0.5) is 0 Å². The summed E-state index contributed by atoms with van der Waals surface area (Å²) in [6.07, 6.45) is 5.40. The summed E-state index contributed by atoms with van der Waals surface area (Å²) in [6.45, 7) is 2.33. The summed E-state index contributed by atoms with van der Waals surface area (Å²) < 4.78 is 7.27. The number of aryl methyl sites for hydroxylation is 1. The second-order valence-electron chi connectivity index (χ2n) is 7.09. The SMILES string of the molecule is COc1ccc(CSc2nnc3c4c5c(sc4ncn23)CC(C)CC5)cc1. The lowest BCUT2D eigenvalue weighted by Crippen LogP contribution is -2.08. The standard InChI is InChI=1S/C20H20N4OS2/c1-12-3-8-15-16(9-12)27-19-17(15)18-22-23-20(24(18)11-21-19)26-10-13-4-6-14(25-2)7-5-13/h4-7,11-12H,3,8-10H2,1-2H3. The van der Waals surface area contributed by atoms with Crippen molar-refractivity contribution in [1.82, 2.24) is 19.6 Å². The van der Waals surface area contributed by atoms with Gasteiger partial charge >= 0.3 is 0 Å². The van der Waals surface area contributed by atoms with Gasteiger partial charge in [0.1, 0.15) is 16.9 Å². The van der Waals surface area contributed by atoms with E-state index in [4.69, 9.17) is 9.72 Å². The van der Waals surface area contributed by atoms with Crippen molar-refractivity contribution in [2.45, 2.75) is 37.1 Å². The van der Waals surface area contributed by atoms with Crippen molar-refractivity contribution in [3.63, 3.8) is 0 Å². The quantitative estimate of drug-likeness (QED) is 0.465. The average Bonchev–Trinajstić information content (AvgIpc) is 3.26. The van der Waals surface area contributed by atoms with Crippen LogP contribution in [0.5, 0.6) is 5.75 Å². The molecule has 0 saturated carbocycles. The van der Waals surface area contributed by atoms with E-state index in [2.05, 4.69) is 29.3 Å². The first-order valence-corrected chi connectivity index (χ1v) is 10.9. The van der Waals surface area contributed by atoms with E-state index in [1.54, 1.807) is 18.9 Å². The highest BCUT2D eigenvalue weighted by Gasteiger charge is 2.23. The molecule has 4 aromatic rings. The molecule has 27 heavy (non-hydrogen) atoms. The predicted molar refractivity (Wildman–Crippen MR) is 110 cm³/mol. The molecule has 0 fully saturated rings. The third-order valence-electron chi connectivity index (χ3n) is 5.20. The van der Waals surface area contributed by atoms with Crippen LogP contribution in [0.3, 0.4) is 0 Å². The number of nitrogens with zero attached hydrogens (tertiary/aromatic N) is 4. The number of thiophene rings is 1. The highest BCUT2D eigenvalue weighted by atomic mass is 32.2. The molecule has 1 aliphatic carbocycles.